The summed E-state index contributed by atoms with van der Waals surface area (Å²) in [5, 5.41) is 2.62. The van der Waals surface area contributed by atoms with E-state index >= 15 is 0 Å². The molecule has 116 valence electrons. The summed E-state index contributed by atoms with van der Waals surface area (Å²) in [5.41, 5.74) is 1.40. The molecular formula is C21H26O. The number of hydrogen-bond acceptors (Lipinski definition) is 1. The Balaban J connectivity index is 1.49. The van der Waals surface area contributed by atoms with Crippen LogP contribution in [0.25, 0.3) is 10.8 Å². The first-order chi connectivity index (χ1) is 10.8. The van der Waals surface area contributed by atoms with E-state index in [-0.39, 0.29) is 0 Å². The van der Waals surface area contributed by atoms with Gasteiger partial charge in [-0.15, -0.1) is 0 Å². The lowest BCUT2D eigenvalue weighted by molar-refractivity contribution is 0.101. The standard InChI is InChI=1S/C21H26O/c1-2-15-6-7-19-14-21(11-9-18(19)12-15)22-20-10-8-16-4-3-5-17(16)13-20/h6-7,9,11-12,14,16-17,20H,2-5,8,10,13H2,1H3. The maximum absolute atomic E-state index is 6.33. The number of benzene rings is 2. The number of rotatable bonds is 3. The van der Waals surface area contributed by atoms with Crippen molar-refractivity contribution in [3.8, 4) is 5.75 Å². The van der Waals surface area contributed by atoms with Crippen LogP contribution in [0.15, 0.2) is 36.4 Å². The molecule has 0 saturated heterocycles. The van der Waals surface area contributed by atoms with E-state index in [0.717, 1.165) is 24.0 Å². The molecule has 4 rings (SSSR count). The summed E-state index contributed by atoms with van der Waals surface area (Å²) in [6, 6.07) is 13.3. The summed E-state index contributed by atoms with van der Waals surface area (Å²) < 4.78 is 6.33. The van der Waals surface area contributed by atoms with Crippen molar-refractivity contribution >= 4 is 10.8 Å². The first-order valence-electron chi connectivity index (χ1n) is 9.01. The molecule has 22 heavy (non-hydrogen) atoms. The summed E-state index contributed by atoms with van der Waals surface area (Å²) in [7, 11) is 0. The van der Waals surface area contributed by atoms with Gasteiger partial charge in [-0.25, -0.2) is 0 Å². The van der Waals surface area contributed by atoms with Crippen molar-refractivity contribution in [3.05, 3.63) is 42.0 Å². The van der Waals surface area contributed by atoms with Crippen LogP contribution in [0.4, 0.5) is 0 Å². The molecule has 1 nitrogen and oxygen atoms in total. The highest BCUT2D eigenvalue weighted by molar-refractivity contribution is 5.84. The Morgan fingerprint density at radius 1 is 0.909 bits per heavy atom. The van der Waals surface area contributed by atoms with Crippen molar-refractivity contribution in [2.45, 2.75) is 58.0 Å². The highest BCUT2D eigenvalue weighted by atomic mass is 16.5. The van der Waals surface area contributed by atoms with E-state index in [1.165, 1.54) is 54.9 Å². The van der Waals surface area contributed by atoms with Gasteiger partial charge in [0.2, 0.25) is 0 Å². The van der Waals surface area contributed by atoms with Crippen LogP contribution in [-0.2, 0) is 6.42 Å². The zero-order valence-electron chi connectivity index (χ0n) is 13.6. The highest BCUT2D eigenvalue weighted by Gasteiger charge is 2.34. The normalized spacial score (nSPS) is 27.8. The third-order valence-electron chi connectivity index (χ3n) is 5.83. The summed E-state index contributed by atoms with van der Waals surface area (Å²) in [4.78, 5) is 0. The second-order valence-corrected chi connectivity index (χ2v) is 7.20. The fraction of sp³-hybridized carbons (Fsp3) is 0.524. The first kappa shape index (κ1) is 14.1. The van der Waals surface area contributed by atoms with E-state index in [1.807, 2.05) is 0 Å². The molecule has 2 aliphatic rings. The summed E-state index contributed by atoms with van der Waals surface area (Å²) in [6.45, 7) is 2.21. The van der Waals surface area contributed by atoms with Crippen LogP contribution in [0, 0.1) is 11.8 Å². The van der Waals surface area contributed by atoms with Crippen molar-refractivity contribution in [2.24, 2.45) is 11.8 Å². The fourth-order valence-corrected chi connectivity index (χ4v) is 4.53. The van der Waals surface area contributed by atoms with Gasteiger partial charge >= 0.3 is 0 Å². The molecule has 2 aliphatic carbocycles. The van der Waals surface area contributed by atoms with Crippen molar-refractivity contribution in [3.63, 3.8) is 0 Å². The minimum Gasteiger partial charge on any atom is -0.490 e. The minimum absolute atomic E-state index is 0.437. The Kier molecular flexibility index (Phi) is 3.82. The highest BCUT2D eigenvalue weighted by Crippen LogP contribution is 2.43. The maximum atomic E-state index is 6.33. The lowest BCUT2D eigenvalue weighted by Gasteiger charge is -2.32. The molecule has 0 bridgehead atoms. The lowest BCUT2D eigenvalue weighted by Crippen LogP contribution is -2.28. The van der Waals surface area contributed by atoms with E-state index in [4.69, 9.17) is 4.74 Å². The van der Waals surface area contributed by atoms with Gasteiger partial charge in [0.15, 0.2) is 0 Å². The molecule has 2 aromatic carbocycles. The van der Waals surface area contributed by atoms with E-state index in [1.54, 1.807) is 0 Å². The van der Waals surface area contributed by atoms with Crippen LogP contribution < -0.4 is 4.74 Å². The van der Waals surface area contributed by atoms with Gasteiger partial charge in [0.25, 0.3) is 0 Å². The monoisotopic (exact) mass is 294 g/mol. The Labute approximate surface area is 133 Å². The molecular weight excluding hydrogens is 268 g/mol. The number of ether oxygens (including phenoxy) is 1. The molecule has 0 N–H and O–H groups in total. The van der Waals surface area contributed by atoms with Gasteiger partial charge in [-0.3, -0.25) is 0 Å². The predicted molar refractivity (Wildman–Crippen MR) is 92.4 cm³/mol. The Hall–Kier alpha value is -1.50. The van der Waals surface area contributed by atoms with E-state index in [9.17, 15) is 0 Å². The lowest BCUT2D eigenvalue weighted by atomic mass is 9.80. The Morgan fingerprint density at radius 3 is 2.64 bits per heavy atom. The van der Waals surface area contributed by atoms with Crippen molar-refractivity contribution < 1.29 is 4.74 Å². The molecule has 3 atom stereocenters. The van der Waals surface area contributed by atoms with E-state index in [2.05, 4.69) is 43.3 Å². The third kappa shape index (κ3) is 2.74. The molecule has 2 saturated carbocycles. The SMILES string of the molecule is CCc1ccc2cc(OC3CCC4CCCC4C3)ccc2c1. The van der Waals surface area contributed by atoms with E-state index in [0.29, 0.717) is 6.10 Å². The molecule has 2 aromatic rings. The molecule has 3 unspecified atom stereocenters. The van der Waals surface area contributed by atoms with Crippen molar-refractivity contribution in [1.29, 1.82) is 0 Å². The van der Waals surface area contributed by atoms with Crippen LogP contribution in [0.2, 0.25) is 0 Å². The molecule has 0 aromatic heterocycles. The zero-order chi connectivity index (χ0) is 14.9. The van der Waals surface area contributed by atoms with Crippen LogP contribution in [0.1, 0.15) is 51.0 Å². The van der Waals surface area contributed by atoms with Crippen LogP contribution in [-0.4, -0.2) is 6.10 Å². The fourth-order valence-electron chi connectivity index (χ4n) is 4.53. The first-order valence-corrected chi connectivity index (χ1v) is 9.01. The largest absolute Gasteiger partial charge is 0.490 e. The molecule has 0 radical (unpaired) electrons. The molecule has 0 spiro atoms. The number of hydrogen-bond donors (Lipinski definition) is 0. The van der Waals surface area contributed by atoms with Crippen LogP contribution >= 0.6 is 0 Å². The quantitative estimate of drug-likeness (QED) is 0.700. The van der Waals surface area contributed by atoms with Gasteiger partial charge in [-0.2, -0.15) is 0 Å². The Morgan fingerprint density at radius 2 is 1.73 bits per heavy atom. The van der Waals surface area contributed by atoms with Crippen molar-refractivity contribution in [1.82, 2.24) is 0 Å². The van der Waals surface area contributed by atoms with Crippen LogP contribution in [0.3, 0.4) is 0 Å². The number of aryl methyl sites for hydroxylation is 1. The van der Waals surface area contributed by atoms with Crippen molar-refractivity contribution in [2.75, 3.05) is 0 Å². The molecule has 0 aliphatic heterocycles. The molecule has 1 heteroatoms. The van der Waals surface area contributed by atoms with Crippen LogP contribution in [0.5, 0.6) is 5.75 Å². The van der Waals surface area contributed by atoms with Gasteiger partial charge < -0.3 is 4.74 Å². The third-order valence-corrected chi connectivity index (χ3v) is 5.83. The average molecular weight is 294 g/mol. The predicted octanol–water partition coefficient (Wildman–Crippen LogP) is 5.75. The number of fused-ring (bicyclic) bond motifs is 2. The molecule has 2 fully saturated rings. The molecule has 0 amide bonds. The van der Waals surface area contributed by atoms with Gasteiger partial charge in [0.1, 0.15) is 5.75 Å². The van der Waals surface area contributed by atoms with Gasteiger partial charge in [0.05, 0.1) is 6.10 Å². The van der Waals surface area contributed by atoms with Gasteiger partial charge in [-0.1, -0.05) is 50.5 Å². The second kappa shape index (κ2) is 5.95. The molecule has 0 heterocycles. The Bertz CT molecular complexity index is 660. The summed E-state index contributed by atoms with van der Waals surface area (Å²) >= 11 is 0. The minimum atomic E-state index is 0.437. The second-order valence-electron chi connectivity index (χ2n) is 7.20. The summed E-state index contributed by atoms with van der Waals surface area (Å²) in [6.07, 6.45) is 9.77. The zero-order valence-corrected chi connectivity index (χ0v) is 13.6. The van der Waals surface area contributed by atoms with Gasteiger partial charge in [0, 0.05) is 0 Å². The van der Waals surface area contributed by atoms with Gasteiger partial charge in [-0.05, 0) is 66.0 Å². The average Bonchev–Trinajstić information content (AvgIpc) is 3.02. The topological polar surface area (TPSA) is 9.23 Å². The summed E-state index contributed by atoms with van der Waals surface area (Å²) in [5.74, 6) is 2.99. The van der Waals surface area contributed by atoms with E-state index < -0.39 is 0 Å². The smallest absolute Gasteiger partial charge is 0.120 e. The maximum Gasteiger partial charge on any atom is 0.120 e.